The Hall–Kier alpha value is -2.82. The Balaban J connectivity index is 1.61. The summed E-state index contributed by atoms with van der Waals surface area (Å²) < 4.78 is 16.1. The highest BCUT2D eigenvalue weighted by Crippen LogP contribution is 2.32. The van der Waals surface area contributed by atoms with Gasteiger partial charge in [-0.1, -0.05) is 12.1 Å². The molecule has 0 aliphatic carbocycles. The van der Waals surface area contributed by atoms with Crippen LogP contribution in [0.15, 0.2) is 24.3 Å². The number of Topliss-reactive ketones (excluding diaryl/α,β-unsaturated/α-hetero) is 1. The van der Waals surface area contributed by atoms with Crippen molar-refractivity contribution in [2.75, 3.05) is 6.79 Å². The highest BCUT2D eigenvalue weighted by Gasteiger charge is 2.16. The van der Waals surface area contributed by atoms with Crippen LogP contribution >= 0.6 is 0 Å². The second-order valence-electron chi connectivity index (χ2n) is 6.89. The van der Waals surface area contributed by atoms with E-state index in [9.17, 15) is 9.59 Å². The third-order valence-corrected chi connectivity index (χ3v) is 4.92. The first-order valence-corrected chi connectivity index (χ1v) is 9.01. The van der Waals surface area contributed by atoms with Crippen molar-refractivity contribution >= 4 is 11.8 Å². The van der Waals surface area contributed by atoms with Gasteiger partial charge in [0, 0.05) is 12.0 Å². The lowest BCUT2D eigenvalue weighted by molar-refractivity contribution is -0.144. The number of aryl methyl sites for hydroxylation is 3. The van der Waals surface area contributed by atoms with Gasteiger partial charge in [0.05, 0.1) is 0 Å². The van der Waals surface area contributed by atoms with Gasteiger partial charge in [0.2, 0.25) is 6.79 Å². The first-order valence-electron chi connectivity index (χ1n) is 9.01. The largest absolute Gasteiger partial charge is 0.461 e. The first kappa shape index (κ1) is 19.0. The van der Waals surface area contributed by atoms with Crippen LogP contribution < -0.4 is 9.47 Å². The van der Waals surface area contributed by atoms with Crippen molar-refractivity contribution in [1.82, 2.24) is 0 Å². The maximum atomic E-state index is 12.2. The lowest BCUT2D eigenvalue weighted by atomic mass is 9.92. The van der Waals surface area contributed by atoms with Gasteiger partial charge in [0.15, 0.2) is 17.3 Å². The van der Waals surface area contributed by atoms with Crippen molar-refractivity contribution in [2.45, 2.75) is 47.1 Å². The molecule has 0 N–H and O–H groups in total. The SMILES string of the molecule is CC(=O)c1c(C)cc(C)c(COC(=O)CCc2ccc3c(c2)OCO3)c1C. The molecule has 1 aliphatic heterocycles. The standard InChI is InChI=1S/C22H24O5/c1-13-9-14(2)22(16(4)23)15(3)18(13)11-25-21(24)8-6-17-5-7-19-20(10-17)27-12-26-19/h5,7,9-10H,6,8,11-12H2,1-4H3. The number of rotatable bonds is 6. The molecule has 5 heteroatoms. The van der Waals surface area contributed by atoms with Crippen LogP contribution in [0.25, 0.3) is 0 Å². The molecule has 0 fully saturated rings. The van der Waals surface area contributed by atoms with E-state index in [-0.39, 0.29) is 31.6 Å². The maximum Gasteiger partial charge on any atom is 0.306 e. The quantitative estimate of drug-likeness (QED) is 0.564. The molecule has 1 aliphatic rings. The summed E-state index contributed by atoms with van der Waals surface area (Å²) >= 11 is 0. The number of carbonyl (C=O) groups is 2. The van der Waals surface area contributed by atoms with Crippen LogP contribution in [-0.4, -0.2) is 18.5 Å². The second kappa shape index (κ2) is 7.82. The summed E-state index contributed by atoms with van der Waals surface area (Å²) in [6.45, 7) is 7.78. The van der Waals surface area contributed by atoms with E-state index in [2.05, 4.69) is 0 Å². The van der Waals surface area contributed by atoms with Gasteiger partial charge in [0.1, 0.15) is 6.61 Å². The highest BCUT2D eigenvalue weighted by molar-refractivity contribution is 5.97. The molecule has 3 rings (SSSR count). The van der Waals surface area contributed by atoms with E-state index < -0.39 is 0 Å². The van der Waals surface area contributed by atoms with Gasteiger partial charge in [-0.2, -0.15) is 0 Å². The molecule has 0 amide bonds. The summed E-state index contributed by atoms with van der Waals surface area (Å²) in [5, 5.41) is 0. The van der Waals surface area contributed by atoms with E-state index in [4.69, 9.17) is 14.2 Å². The molecule has 27 heavy (non-hydrogen) atoms. The summed E-state index contributed by atoms with van der Waals surface area (Å²) in [5.41, 5.74) is 5.49. The number of esters is 1. The second-order valence-corrected chi connectivity index (χ2v) is 6.89. The first-order chi connectivity index (χ1) is 12.9. The Morgan fingerprint density at radius 1 is 1.04 bits per heavy atom. The number of ketones is 1. The van der Waals surface area contributed by atoms with Crippen LogP contribution in [0.4, 0.5) is 0 Å². The van der Waals surface area contributed by atoms with Gasteiger partial charge in [-0.25, -0.2) is 0 Å². The van der Waals surface area contributed by atoms with E-state index in [0.29, 0.717) is 17.7 Å². The Kier molecular flexibility index (Phi) is 5.49. The van der Waals surface area contributed by atoms with Crippen molar-refractivity contribution in [3.63, 3.8) is 0 Å². The summed E-state index contributed by atoms with van der Waals surface area (Å²) in [6.07, 6.45) is 0.850. The normalized spacial score (nSPS) is 12.1. The van der Waals surface area contributed by atoms with Crippen LogP contribution in [0.2, 0.25) is 0 Å². The number of ether oxygens (including phenoxy) is 3. The monoisotopic (exact) mass is 368 g/mol. The Morgan fingerprint density at radius 3 is 2.52 bits per heavy atom. The lowest BCUT2D eigenvalue weighted by Crippen LogP contribution is -2.10. The van der Waals surface area contributed by atoms with Gasteiger partial charge in [0.25, 0.3) is 0 Å². The molecule has 1 heterocycles. The fourth-order valence-electron chi connectivity index (χ4n) is 3.56. The predicted octanol–water partition coefficient (Wildman–Crippen LogP) is 4.22. The van der Waals surface area contributed by atoms with Gasteiger partial charge < -0.3 is 14.2 Å². The third kappa shape index (κ3) is 4.13. The van der Waals surface area contributed by atoms with Crippen LogP contribution in [0.3, 0.4) is 0 Å². The van der Waals surface area contributed by atoms with Crippen molar-refractivity contribution in [3.8, 4) is 11.5 Å². The van der Waals surface area contributed by atoms with E-state index in [1.807, 2.05) is 45.0 Å². The minimum absolute atomic E-state index is 0.0281. The maximum absolute atomic E-state index is 12.2. The zero-order valence-corrected chi connectivity index (χ0v) is 16.2. The fraction of sp³-hybridized carbons (Fsp3) is 0.364. The number of hydrogen-bond donors (Lipinski definition) is 0. The van der Waals surface area contributed by atoms with E-state index >= 15 is 0 Å². The fourth-order valence-corrected chi connectivity index (χ4v) is 3.56. The molecule has 0 radical (unpaired) electrons. The molecule has 0 saturated heterocycles. The average Bonchev–Trinajstić information content (AvgIpc) is 3.06. The summed E-state index contributed by atoms with van der Waals surface area (Å²) in [7, 11) is 0. The summed E-state index contributed by atoms with van der Waals surface area (Å²) in [5.74, 6) is 1.20. The van der Waals surface area contributed by atoms with Gasteiger partial charge in [-0.3, -0.25) is 9.59 Å². The Morgan fingerprint density at radius 2 is 1.78 bits per heavy atom. The summed E-state index contributed by atoms with van der Waals surface area (Å²) in [4.78, 5) is 24.1. The Labute approximate surface area is 159 Å². The van der Waals surface area contributed by atoms with Crippen LogP contribution in [0.5, 0.6) is 11.5 Å². The highest BCUT2D eigenvalue weighted by atomic mass is 16.7. The molecule has 0 spiro atoms. The van der Waals surface area contributed by atoms with Crippen molar-refractivity contribution in [3.05, 3.63) is 57.6 Å². The molecule has 0 atom stereocenters. The van der Waals surface area contributed by atoms with Gasteiger partial charge in [-0.05, 0) is 74.1 Å². The molecule has 5 nitrogen and oxygen atoms in total. The number of benzene rings is 2. The summed E-state index contributed by atoms with van der Waals surface area (Å²) in [6, 6.07) is 7.64. The number of carbonyl (C=O) groups excluding carboxylic acids is 2. The van der Waals surface area contributed by atoms with E-state index in [0.717, 1.165) is 33.6 Å². The minimum atomic E-state index is -0.267. The molecular formula is C22H24O5. The zero-order chi connectivity index (χ0) is 19.6. The molecule has 0 unspecified atom stereocenters. The lowest BCUT2D eigenvalue weighted by Gasteiger charge is -2.16. The van der Waals surface area contributed by atoms with Gasteiger partial charge >= 0.3 is 5.97 Å². The third-order valence-electron chi connectivity index (χ3n) is 4.92. The Bertz CT molecular complexity index is 898. The van der Waals surface area contributed by atoms with Gasteiger partial charge in [-0.15, -0.1) is 0 Å². The molecule has 2 aromatic rings. The number of fused-ring (bicyclic) bond motifs is 1. The minimum Gasteiger partial charge on any atom is -0.461 e. The van der Waals surface area contributed by atoms with Crippen molar-refractivity contribution in [2.24, 2.45) is 0 Å². The molecular weight excluding hydrogens is 344 g/mol. The van der Waals surface area contributed by atoms with Crippen molar-refractivity contribution in [1.29, 1.82) is 0 Å². The molecule has 142 valence electrons. The number of hydrogen-bond acceptors (Lipinski definition) is 5. The van der Waals surface area contributed by atoms with Crippen molar-refractivity contribution < 1.29 is 23.8 Å². The van der Waals surface area contributed by atoms with E-state index in [1.165, 1.54) is 0 Å². The molecule has 0 saturated carbocycles. The molecule has 0 aromatic heterocycles. The molecule has 0 bridgehead atoms. The average molecular weight is 368 g/mol. The predicted molar refractivity (Wildman–Crippen MR) is 101 cm³/mol. The van der Waals surface area contributed by atoms with Crippen LogP contribution in [-0.2, 0) is 22.6 Å². The van der Waals surface area contributed by atoms with E-state index in [1.54, 1.807) is 6.92 Å². The molecule has 2 aromatic carbocycles. The smallest absolute Gasteiger partial charge is 0.306 e. The van der Waals surface area contributed by atoms with Crippen LogP contribution in [0.1, 0.15) is 51.5 Å². The zero-order valence-electron chi connectivity index (χ0n) is 16.2. The topological polar surface area (TPSA) is 61.8 Å². The van der Waals surface area contributed by atoms with Crippen LogP contribution in [0, 0.1) is 20.8 Å².